The van der Waals surface area contributed by atoms with Gasteiger partial charge in [-0.25, -0.2) is 0 Å². The van der Waals surface area contributed by atoms with Crippen LogP contribution >= 0.6 is 7.37 Å². The minimum Gasteiger partial charge on any atom is -0.348 e. The highest BCUT2D eigenvalue weighted by Crippen LogP contribution is 2.45. The highest BCUT2D eigenvalue weighted by atomic mass is 31.2. The third kappa shape index (κ3) is 3.32. The van der Waals surface area contributed by atoms with Gasteiger partial charge in [0.05, 0.1) is 6.10 Å². The Morgan fingerprint density at radius 1 is 1.12 bits per heavy atom. The molecule has 3 nitrogen and oxygen atoms in total. The summed E-state index contributed by atoms with van der Waals surface area (Å²) in [6.07, 6.45) is 0.898. The Morgan fingerprint density at radius 2 is 1.69 bits per heavy atom. The molecule has 0 N–H and O–H groups in total. The molecule has 1 saturated heterocycles. The van der Waals surface area contributed by atoms with Crippen LogP contribution in [0.25, 0.3) is 0 Å². The monoisotopic (exact) mass is 248 g/mol. The van der Waals surface area contributed by atoms with E-state index < -0.39 is 7.37 Å². The first-order chi connectivity index (χ1) is 7.26. The minimum atomic E-state index is -2.48. The summed E-state index contributed by atoms with van der Waals surface area (Å²) in [5, 5.41) is 0. The summed E-state index contributed by atoms with van der Waals surface area (Å²) in [5.74, 6) is 1.37. The average molecular weight is 248 g/mol. The van der Waals surface area contributed by atoms with Crippen molar-refractivity contribution < 1.29 is 13.8 Å². The van der Waals surface area contributed by atoms with Crippen LogP contribution in [-0.2, 0) is 13.8 Å². The van der Waals surface area contributed by atoms with Crippen LogP contribution in [0.4, 0.5) is 0 Å². The molecule has 1 heterocycles. The third-order valence-corrected chi connectivity index (χ3v) is 4.46. The van der Waals surface area contributed by atoms with Gasteiger partial charge in [-0.1, -0.05) is 27.7 Å². The average Bonchev–Trinajstić information content (AvgIpc) is 2.17. The van der Waals surface area contributed by atoms with E-state index in [4.69, 9.17) is 9.26 Å². The van der Waals surface area contributed by atoms with Gasteiger partial charge in [-0.15, -0.1) is 0 Å². The maximum absolute atomic E-state index is 11.7. The lowest BCUT2D eigenvalue weighted by molar-refractivity contribution is -0.210. The van der Waals surface area contributed by atoms with E-state index in [1.807, 2.05) is 0 Å². The van der Waals surface area contributed by atoms with Crippen molar-refractivity contribution in [3.63, 3.8) is 0 Å². The van der Waals surface area contributed by atoms with Crippen molar-refractivity contribution >= 4 is 7.37 Å². The molecular formula is C12H25O3P. The van der Waals surface area contributed by atoms with Crippen LogP contribution in [0.15, 0.2) is 0 Å². The molecule has 0 saturated carbocycles. The molecule has 3 unspecified atom stereocenters. The molecule has 1 fully saturated rings. The van der Waals surface area contributed by atoms with Crippen LogP contribution in [0.1, 0.15) is 34.1 Å². The van der Waals surface area contributed by atoms with Crippen LogP contribution < -0.4 is 0 Å². The molecule has 96 valence electrons. The van der Waals surface area contributed by atoms with Crippen molar-refractivity contribution in [3.8, 4) is 0 Å². The van der Waals surface area contributed by atoms with Gasteiger partial charge in [0.1, 0.15) is 0 Å². The first kappa shape index (κ1) is 14.2. The lowest BCUT2D eigenvalue weighted by Crippen LogP contribution is -2.45. The lowest BCUT2D eigenvalue weighted by Gasteiger charge is -2.43. The van der Waals surface area contributed by atoms with Gasteiger partial charge < -0.3 is 4.74 Å². The Balaban J connectivity index is 2.75. The Hall–Kier alpha value is 0.150. The zero-order valence-electron chi connectivity index (χ0n) is 11.3. The maximum atomic E-state index is 11.7. The Morgan fingerprint density at radius 3 is 2.12 bits per heavy atom. The molecular weight excluding hydrogens is 223 g/mol. The Labute approximate surface area is 99.4 Å². The van der Waals surface area contributed by atoms with E-state index in [-0.39, 0.29) is 12.4 Å². The van der Waals surface area contributed by atoms with E-state index in [1.54, 1.807) is 13.3 Å². The molecule has 0 amide bonds. The molecule has 1 rings (SSSR count). The molecule has 0 aromatic heterocycles. The van der Waals surface area contributed by atoms with E-state index in [2.05, 4.69) is 27.7 Å². The van der Waals surface area contributed by atoms with Crippen molar-refractivity contribution in [1.29, 1.82) is 0 Å². The molecule has 0 aromatic rings. The van der Waals surface area contributed by atoms with Crippen molar-refractivity contribution in [1.82, 2.24) is 0 Å². The highest BCUT2D eigenvalue weighted by molar-refractivity contribution is 7.57. The molecule has 0 bridgehead atoms. The molecule has 16 heavy (non-hydrogen) atoms. The Bertz CT molecular complexity index is 271. The topological polar surface area (TPSA) is 35.5 Å². The third-order valence-electron chi connectivity index (χ3n) is 3.74. The lowest BCUT2D eigenvalue weighted by atomic mass is 9.78. The molecule has 0 radical (unpaired) electrons. The van der Waals surface area contributed by atoms with E-state index in [0.29, 0.717) is 17.8 Å². The smallest absolute Gasteiger partial charge is 0.199 e. The van der Waals surface area contributed by atoms with Gasteiger partial charge in [-0.2, -0.15) is 0 Å². The van der Waals surface area contributed by atoms with E-state index in [0.717, 1.165) is 6.42 Å². The van der Waals surface area contributed by atoms with Crippen molar-refractivity contribution in [2.24, 2.45) is 17.8 Å². The van der Waals surface area contributed by atoms with Gasteiger partial charge in [0, 0.05) is 19.2 Å². The predicted octanol–water partition coefficient (Wildman–Crippen LogP) is 3.58. The van der Waals surface area contributed by atoms with Gasteiger partial charge in [0.25, 0.3) is 0 Å². The summed E-state index contributed by atoms with van der Waals surface area (Å²) in [6.45, 7) is 12.0. The fraction of sp³-hybridized carbons (Fsp3) is 1.00. The molecule has 5 atom stereocenters. The standard InChI is InChI=1S/C12H25O3P/c1-7-11-9(3)8(2)10(4)12(14-11)15-16(5,6)13/h8-12H,7H2,1-6H3/t8?,9-,10-,11?,12?/m0/s1. The summed E-state index contributed by atoms with van der Waals surface area (Å²) < 4.78 is 23.2. The molecule has 4 heteroatoms. The van der Waals surface area contributed by atoms with Crippen molar-refractivity contribution in [2.45, 2.75) is 46.5 Å². The van der Waals surface area contributed by atoms with E-state index in [9.17, 15) is 4.57 Å². The second kappa shape index (κ2) is 5.20. The largest absolute Gasteiger partial charge is 0.348 e. The minimum absolute atomic E-state index is 0.225. The summed E-state index contributed by atoms with van der Waals surface area (Å²) in [4.78, 5) is 0. The van der Waals surface area contributed by atoms with E-state index in [1.165, 1.54) is 0 Å². The zero-order chi connectivity index (χ0) is 12.5. The normalized spacial score (nSPS) is 41.0. The summed E-state index contributed by atoms with van der Waals surface area (Å²) in [7, 11) is -2.48. The van der Waals surface area contributed by atoms with Gasteiger partial charge in [-0.05, 0) is 18.3 Å². The van der Waals surface area contributed by atoms with Crippen molar-refractivity contribution in [3.05, 3.63) is 0 Å². The van der Waals surface area contributed by atoms with Crippen LogP contribution in [0.2, 0.25) is 0 Å². The SMILES string of the molecule is CCC1OC(OP(C)(C)=O)[C@@H](C)C(C)[C@@H]1C. The Kier molecular flexibility index (Phi) is 4.62. The fourth-order valence-electron chi connectivity index (χ4n) is 2.32. The second-order valence-corrected chi connectivity index (χ2v) is 8.10. The first-order valence-corrected chi connectivity index (χ1v) is 8.67. The fourth-order valence-corrected chi connectivity index (χ4v) is 3.07. The predicted molar refractivity (Wildman–Crippen MR) is 67.0 cm³/mol. The van der Waals surface area contributed by atoms with Crippen LogP contribution in [0.5, 0.6) is 0 Å². The number of rotatable bonds is 3. The molecule has 1 aliphatic heterocycles. The summed E-state index contributed by atoms with van der Waals surface area (Å²) >= 11 is 0. The zero-order valence-corrected chi connectivity index (χ0v) is 12.2. The second-order valence-electron chi connectivity index (χ2n) is 5.39. The number of ether oxygens (including phenoxy) is 1. The van der Waals surface area contributed by atoms with Crippen LogP contribution in [-0.4, -0.2) is 25.7 Å². The van der Waals surface area contributed by atoms with E-state index >= 15 is 0 Å². The van der Waals surface area contributed by atoms with Gasteiger partial charge in [0.2, 0.25) is 0 Å². The van der Waals surface area contributed by atoms with Gasteiger partial charge in [-0.3, -0.25) is 9.09 Å². The van der Waals surface area contributed by atoms with Crippen molar-refractivity contribution in [2.75, 3.05) is 13.3 Å². The quantitative estimate of drug-likeness (QED) is 0.716. The maximum Gasteiger partial charge on any atom is 0.199 e. The van der Waals surface area contributed by atoms with Crippen LogP contribution in [0.3, 0.4) is 0 Å². The molecule has 0 aliphatic carbocycles. The molecule has 0 aromatic carbocycles. The molecule has 0 spiro atoms. The number of hydrogen-bond donors (Lipinski definition) is 0. The van der Waals surface area contributed by atoms with Gasteiger partial charge in [0.15, 0.2) is 13.7 Å². The first-order valence-electron chi connectivity index (χ1n) is 6.15. The van der Waals surface area contributed by atoms with Gasteiger partial charge >= 0.3 is 0 Å². The van der Waals surface area contributed by atoms with Crippen LogP contribution in [0, 0.1) is 17.8 Å². The summed E-state index contributed by atoms with van der Waals surface area (Å²) in [6, 6.07) is 0. The number of hydrogen-bond acceptors (Lipinski definition) is 3. The highest BCUT2D eigenvalue weighted by Gasteiger charge is 2.40. The summed E-state index contributed by atoms with van der Waals surface area (Å²) in [5.41, 5.74) is 0. The molecule has 1 aliphatic rings.